The molecule has 94 valence electrons. The van der Waals surface area contributed by atoms with E-state index >= 15 is 0 Å². The van der Waals surface area contributed by atoms with Crippen molar-refractivity contribution in [1.29, 1.82) is 0 Å². The quantitative estimate of drug-likeness (QED) is 0.762. The van der Waals surface area contributed by atoms with Crippen LogP contribution < -0.4 is 5.32 Å². The summed E-state index contributed by atoms with van der Waals surface area (Å²) in [6.07, 6.45) is 4.05. The lowest BCUT2D eigenvalue weighted by molar-refractivity contribution is 0.564. The van der Waals surface area contributed by atoms with Crippen LogP contribution in [0, 0.1) is 0 Å². The maximum Gasteiger partial charge on any atom is 0.0139 e. The maximum atomic E-state index is 3.80. The highest BCUT2D eigenvalue weighted by atomic mass is 14.9. The van der Waals surface area contributed by atoms with Crippen LogP contribution in [0.25, 0.3) is 0 Å². The Labute approximate surface area is 106 Å². The molecule has 0 aliphatic rings. The molecule has 0 spiro atoms. The third-order valence-corrected chi connectivity index (χ3v) is 3.16. The lowest BCUT2D eigenvalue weighted by Gasteiger charge is -2.20. The van der Waals surface area contributed by atoms with E-state index in [1.165, 1.54) is 11.1 Å². The van der Waals surface area contributed by atoms with Gasteiger partial charge in [0.1, 0.15) is 0 Å². The topological polar surface area (TPSA) is 12.0 Å². The molecule has 0 heterocycles. The van der Waals surface area contributed by atoms with Crippen molar-refractivity contribution in [2.45, 2.75) is 45.1 Å². The summed E-state index contributed by atoms with van der Waals surface area (Å²) in [6, 6.07) is 9.47. The van der Waals surface area contributed by atoms with Gasteiger partial charge in [-0.25, -0.2) is 0 Å². The van der Waals surface area contributed by atoms with E-state index < -0.39 is 0 Å². The molecule has 0 aliphatic heterocycles. The Kier molecular flexibility index (Phi) is 4.95. The van der Waals surface area contributed by atoms with Gasteiger partial charge in [0.25, 0.3) is 0 Å². The van der Waals surface area contributed by atoms with E-state index in [1.54, 1.807) is 0 Å². The first-order valence-electron chi connectivity index (χ1n) is 6.35. The SMILES string of the molecule is C=CCC(Cc1ccc(C(C)(C)C)cc1)NC. The summed E-state index contributed by atoms with van der Waals surface area (Å²) in [5.41, 5.74) is 3.02. The van der Waals surface area contributed by atoms with E-state index in [0.717, 1.165) is 12.8 Å². The second-order valence-electron chi connectivity index (χ2n) is 5.66. The molecule has 1 rings (SSSR count). The largest absolute Gasteiger partial charge is 0.316 e. The Balaban J connectivity index is 2.71. The molecule has 1 aromatic carbocycles. The smallest absolute Gasteiger partial charge is 0.0139 e. The average molecular weight is 231 g/mol. The Morgan fingerprint density at radius 2 is 1.82 bits per heavy atom. The van der Waals surface area contributed by atoms with Gasteiger partial charge < -0.3 is 5.32 Å². The molecule has 0 radical (unpaired) electrons. The van der Waals surface area contributed by atoms with Gasteiger partial charge in [0.2, 0.25) is 0 Å². The standard InChI is InChI=1S/C16H25N/c1-6-7-15(17-5)12-13-8-10-14(11-9-13)16(2,3)4/h6,8-11,15,17H,1,7,12H2,2-5H3. The molecule has 0 aromatic heterocycles. The third-order valence-electron chi connectivity index (χ3n) is 3.16. The van der Waals surface area contributed by atoms with E-state index in [-0.39, 0.29) is 5.41 Å². The molecule has 0 amide bonds. The molecule has 0 saturated heterocycles. The van der Waals surface area contributed by atoms with Crippen molar-refractivity contribution in [3.8, 4) is 0 Å². The average Bonchev–Trinajstić information content (AvgIpc) is 2.28. The molecule has 0 saturated carbocycles. The van der Waals surface area contributed by atoms with Crippen molar-refractivity contribution in [2.75, 3.05) is 7.05 Å². The predicted octanol–water partition coefficient (Wildman–Crippen LogP) is 3.69. The van der Waals surface area contributed by atoms with Gasteiger partial charge in [-0.05, 0) is 36.4 Å². The molecule has 0 aliphatic carbocycles. The first-order chi connectivity index (χ1) is 7.97. The number of rotatable bonds is 5. The molecular formula is C16H25N. The summed E-state index contributed by atoms with van der Waals surface area (Å²) in [7, 11) is 2.01. The Morgan fingerprint density at radius 1 is 1.24 bits per heavy atom. The highest BCUT2D eigenvalue weighted by Crippen LogP contribution is 2.22. The van der Waals surface area contributed by atoms with Gasteiger partial charge in [-0.1, -0.05) is 51.1 Å². The molecule has 1 N–H and O–H groups in total. The van der Waals surface area contributed by atoms with Crippen molar-refractivity contribution in [3.05, 3.63) is 48.0 Å². The van der Waals surface area contributed by atoms with E-state index in [0.29, 0.717) is 6.04 Å². The van der Waals surface area contributed by atoms with Gasteiger partial charge in [-0.3, -0.25) is 0 Å². The molecule has 17 heavy (non-hydrogen) atoms. The molecule has 0 bridgehead atoms. The van der Waals surface area contributed by atoms with Gasteiger partial charge >= 0.3 is 0 Å². The van der Waals surface area contributed by atoms with Crippen molar-refractivity contribution < 1.29 is 0 Å². The van der Waals surface area contributed by atoms with E-state index in [4.69, 9.17) is 0 Å². The minimum absolute atomic E-state index is 0.238. The van der Waals surface area contributed by atoms with Crippen LogP contribution in [0.5, 0.6) is 0 Å². The lowest BCUT2D eigenvalue weighted by atomic mass is 9.86. The highest BCUT2D eigenvalue weighted by molar-refractivity contribution is 5.28. The fraction of sp³-hybridized carbons (Fsp3) is 0.500. The first kappa shape index (κ1) is 14.0. The summed E-state index contributed by atoms with van der Waals surface area (Å²) >= 11 is 0. The van der Waals surface area contributed by atoms with Crippen LogP contribution in [0.4, 0.5) is 0 Å². The number of likely N-dealkylation sites (N-methyl/N-ethyl adjacent to an activating group) is 1. The zero-order chi connectivity index (χ0) is 12.9. The molecule has 1 heteroatoms. The number of nitrogens with one attached hydrogen (secondary N) is 1. The van der Waals surface area contributed by atoms with E-state index in [2.05, 4.69) is 56.9 Å². The third kappa shape index (κ3) is 4.35. The van der Waals surface area contributed by atoms with Gasteiger partial charge in [0, 0.05) is 6.04 Å². The van der Waals surface area contributed by atoms with Gasteiger partial charge in [-0.2, -0.15) is 0 Å². The van der Waals surface area contributed by atoms with Crippen LogP contribution in [0.1, 0.15) is 38.3 Å². The van der Waals surface area contributed by atoms with Gasteiger partial charge in [0.05, 0.1) is 0 Å². The van der Waals surface area contributed by atoms with Crippen LogP contribution in [-0.2, 0) is 11.8 Å². The minimum atomic E-state index is 0.238. The van der Waals surface area contributed by atoms with Crippen LogP contribution >= 0.6 is 0 Å². The number of hydrogen-bond acceptors (Lipinski definition) is 1. The summed E-state index contributed by atoms with van der Waals surface area (Å²) in [4.78, 5) is 0. The lowest BCUT2D eigenvalue weighted by Crippen LogP contribution is -2.26. The van der Waals surface area contributed by atoms with Crippen LogP contribution in [0.2, 0.25) is 0 Å². The Hall–Kier alpha value is -1.08. The van der Waals surface area contributed by atoms with Gasteiger partial charge in [0.15, 0.2) is 0 Å². The maximum absolute atomic E-state index is 3.80. The monoisotopic (exact) mass is 231 g/mol. The molecule has 1 atom stereocenters. The molecule has 1 nitrogen and oxygen atoms in total. The number of hydrogen-bond donors (Lipinski definition) is 1. The van der Waals surface area contributed by atoms with Gasteiger partial charge in [-0.15, -0.1) is 6.58 Å². The van der Waals surface area contributed by atoms with E-state index in [1.807, 2.05) is 13.1 Å². The number of benzene rings is 1. The molecule has 1 unspecified atom stereocenters. The first-order valence-corrected chi connectivity index (χ1v) is 6.35. The summed E-state index contributed by atoms with van der Waals surface area (Å²) in [5, 5.41) is 3.33. The normalized spacial score (nSPS) is 13.4. The van der Waals surface area contributed by atoms with Crippen molar-refractivity contribution in [3.63, 3.8) is 0 Å². The van der Waals surface area contributed by atoms with Crippen LogP contribution in [-0.4, -0.2) is 13.1 Å². The summed E-state index contributed by atoms with van der Waals surface area (Å²) in [6.45, 7) is 10.5. The highest BCUT2D eigenvalue weighted by Gasteiger charge is 2.13. The second-order valence-corrected chi connectivity index (χ2v) is 5.66. The van der Waals surface area contributed by atoms with E-state index in [9.17, 15) is 0 Å². The molecular weight excluding hydrogens is 206 g/mol. The van der Waals surface area contributed by atoms with Crippen molar-refractivity contribution >= 4 is 0 Å². The zero-order valence-corrected chi connectivity index (χ0v) is 11.6. The Morgan fingerprint density at radius 3 is 2.24 bits per heavy atom. The summed E-state index contributed by atoms with van der Waals surface area (Å²) in [5.74, 6) is 0. The summed E-state index contributed by atoms with van der Waals surface area (Å²) < 4.78 is 0. The minimum Gasteiger partial charge on any atom is -0.316 e. The van der Waals surface area contributed by atoms with Crippen molar-refractivity contribution in [1.82, 2.24) is 5.32 Å². The molecule has 0 fully saturated rings. The fourth-order valence-electron chi connectivity index (χ4n) is 1.93. The van der Waals surface area contributed by atoms with Crippen molar-refractivity contribution in [2.24, 2.45) is 0 Å². The fourth-order valence-corrected chi connectivity index (χ4v) is 1.93. The molecule has 1 aromatic rings. The van der Waals surface area contributed by atoms with Crippen LogP contribution in [0.3, 0.4) is 0 Å². The zero-order valence-electron chi connectivity index (χ0n) is 11.6. The Bertz CT molecular complexity index is 343. The predicted molar refractivity (Wildman–Crippen MR) is 76.5 cm³/mol. The second kappa shape index (κ2) is 6.02. The van der Waals surface area contributed by atoms with Crippen LogP contribution in [0.15, 0.2) is 36.9 Å².